The molecule has 0 spiro atoms. The second-order valence-corrected chi connectivity index (χ2v) is 10.8. The fourth-order valence-corrected chi connectivity index (χ4v) is 6.95. The van der Waals surface area contributed by atoms with Gasteiger partial charge >= 0.3 is 0 Å². The summed E-state index contributed by atoms with van der Waals surface area (Å²) in [6, 6.07) is 53.5. The Balaban J connectivity index is 1.36. The largest absolute Gasteiger partial charge is 0.309 e. The van der Waals surface area contributed by atoms with E-state index in [1.54, 1.807) is 0 Å². The molecule has 7 aromatic rings. The highest BCUT2D eigenvalue weighted by Crippen LogP contribution is 2.45. The summed E-state index contributed by atoms with van der Waals surface area (Å²) in [5.41, 5.74) is 13.3. The maximum absolute atomic E-state index is 2.45. The average Bonchev–Trinajstić information content (AvgIpc) is 3.26. The lowest BCUT2D eigenvalue weighted by molar-refractivity contribution is 0.727. The van der Waals surface area contributed by atoms with Gasteiger partial charge in [-0.25, -0.2) is 0 Å². The van der Waals surface area contributed by atoms with Crippen molar-refractivity contribution in [2.24, 2.45) is 0 Å². The zero-order chi connectivity index (χ0) is 26.5. The summed E-state index contributed by atoms with van der Waals surface area (Å²) in [7, 11) is 0. The zero-order valence-corrected chi connectivity index (χ0v) is 22.3. The fraction of sp³-hybridized carbons (Fsp3) is 0.0769. The van der Waals surface area contributed by atoms with Crippen LogP contribution in [0.4, 0.5) is 0 Å². The van der Waals surface area contributed by atoms with Gasteiger partial charge < -0.3 is 4.57 Å². The molecule has 0 radical (unpaired) electrons. The summed E-state index contributed by atoms with van der Waals surface area (Å²) < 4.78 is 2.45. The van der Waals surface area contributed by atoms with Crippen molar-refractivity contribution in [2.75, 3.05) is 0 Å². The number of rotatable bonds is 3. The van der Waals surface area contributed by atoms with E-state index in [0.717, 1.165) is 12.8 Å². The van der Waals surface area contributed by atoms with E-state index >= 15 is 0 Å². The lowest BCUT2D eigenvalue weighted by atomic mass is 9.82. The standard InChI is InChI=1S/C39H29N/c1-2-14-28-27(13-1)25-26-33(30-16-4-3-15-29(28)30)31-17-5-6-18-32(31)34-19-7-10-22-37(34)40-38-23-11-8-20-35(38)36-21-9-12-24-39(36)40/h1-24,33H,25-26H2. The topological polar surface area (TPSA) is 4.93 Å². The van der Waals surface area contributed by atoms with Crippen molar-refractivity contribution < 1.29 is 0 Å². The maximum Gasteiger partial charge on any atom is 0.0541 e. The third kappa shape index (κ3) is 3.55. The first-order chi connectivity index (χ1) is 19.9. The van der Waals surface area contributed by atoms with Crippen LogP contribution in [0.25, 0.3) is 49.7 Å². The van der Waals surface area contributed by atoms with Crippen LogP contribution in [0.5, 0.6) is 0 Å². The third-order valence-corrected chi connectivity index (χ3v) is 8.70. The summed E-state index contributed by atoms with van der Waals surface area (Å²) in [4.78, 5) is 0. The normalized spacial score (nSPS) is 14.6. The molecule has 1 aliphatic rings. The molecule has 6 aromatic carbocycles. The highest BCUT2D eigenvalue weighted by Gasteiger charge is 2.26. The van der Waals surface area contributed by atoms with E-state index in [9.17, 15) is 0 Å². The molecular formula is C39H29N. The molecule has 1 heteroatoms. The molecule has 0 saturated heterocycles. The van der Waals surface area contributed by atoms with Crippen molar-refractivity contribution >= 4 is 21.8 Å². The highest BCUT2D eigenvalue weighted by molar-refractivity contribution is 6.09. The van der Waals surface area contributed by atoms with E-state index in [2.05, 4.69) is 150 Å². The van der Waals surface area contributed by atoms with E-state index < -0.39 is 0 Å². The molecule has 1 unspecified atom stereocenters. The number of hydrogen-bond acceptors (Lipinski definition) is 0. The molecule has 1 heterocycles. The zero-order valence-electron chi connectivity index (χ0n) is 22.3. The third-order valence-electron chi connectivity index (χ3n) is 8.70. The van der Waals surface area contributed by atoms with Crippen molar-refractivity contribution in [3.63, 3.8) is 0 Å². The van der Waals surface area contributed by atoms with E-state index in [4.69, 9.17) is 0 Å². The monoisotopic (exact) mass is 511 g/mol. The predicted molar refractivity (Wildman–Crippen MR) is 168 cm³/mol. The minimum atomic E-state index is 0.311. The molecule has 1 aromatic heterocycles. The van der Waals surface area contributed by atoms with Crippen LogP contribution in [0.3, 0.4) is 0 Å². The number of fused-ring (bicyclic) bond motifs is 6. The lowest BCUT2D eigenvalue weighted by Crippen LogP contribution is -2.05. The number of para-hydroxylation sites is 3. The molecule has 8 rings (SSSR count). The van der Waals surface area contributed by atoms with Crippen molar-refractivity contribution in [2.45, 2.75) is 18.8 Å². The molecule has 1 atom stereocenters. The maximum atomic E-state index is 2.45. The summed E-state index contributed by atoms with van der Waals surface area (Å²) in [5.74, 6) is 0.311. The van der Waals surface area contributed by atoms with Crippen LogP contribution in [0.1, 0.15) is 29.0 Å². The van der Waals surface area contributed by atoms with E-state index in [-0.39, 0.29) is 0 Å². The molecule has 1 nitrogen and oxygen atoms in total. The molecule has 0 amide bonds. The van der Waals surface area contributed by atoms with Gasteiger partial charge in [0.05, 0.1) is 16.7 Å². The molecule has 0 fully saturated rings. The van der Waals surface area contributed by atoms with E-state index in [0.29, 0.717) is 5.92 Å². The van der Waals surface area contributed by atoms with Gasteiger partial charge in [0.2, 0.25) is 0 Å². The molecule has 0 aliphatic heterocycles. The Labute approximate surface area is 235 Å². The van der Waals surface area contributed by atoms with Gasteiger partial charge in [-0.05, 0) is 64.4 Å². The van der Waals surface area contributed by atoms with Gasteiger partial charge in [0.25, 0.3) is 0 Å². The van der Waals surface area contributed by atoms with Gasteiger partial charge in [-0.3, -0.25) is 0 Å². The number of aryl methyl sites for hydroxylation is 1. The molecule has 1 aliphatic carbocycles. The Morgan fingerprint density at radius 1 is 0.425 bits per heavy atom. The number of hydrogen-bond donors (Lipinski definition) is 0. The molecule has 0 N–H and O–H groups in total. The van der Waals surface area contributed by atoms with Crippen molar-refractivity contribution in [3.05, 3.63) is 162 Å². The molecule has 190 valence electrons. The molecular weight excluding hydrogens is 482 g/mol. The molecule has 40 heavy (non-hydrogen) atoms. The summed E-state index contributed by atoms with van der Waals surface area (Å²) in [6.07, 6.45) is 2.15. The average molecular weight is 512 g/mol. The Morgan fingerprint density at radius 2 is 0.900 bits per heavy atom. The Kier molecular flexibility index (Phi) is 5.41. The van der Waals surface area contributed by atoms with Crippen LogP contribution in [0.2, 0.25) is 0 Å². The van der Waals surface area contributed by atoms with Crippen molar-refractivity contribution in [1.29, 1.82) is 0 Å². The van der Waals surface area contributed by atoms with Crippen LogP contribution in [-0.2, 0) is 6.42 Å². The summed E-state index contributed by atoms with van der Waals surface area (Å²) in [5, 5.41) is 2.58. The van der Waals surface area contributed by atoms with Gasteiger partial charge in [-0.15, -0.1) is 0 Å². The number of benzene rings is 6. The van der Waals surface area contributed by atoms with E-state index in [1.165, 1.54) is 66.4 Å². The molecule has 0 bridgehead atoms. The van der Waals surface area contributed by atoms with Crippen LogP contribution in [-0.4, -0.2) is 4.57 Å². The minimum absolute atomic E-state index is 0.311. The lowest BCUT2D eigenvalue weighted by Gasteiger charge is -2.23. The second-order valence-electron chi connectivity index (χ2n) is 10.8. The Morgan fingerprint density at radius 3 is 1.57 bits per heavy atom. The van der Waals surface area contributed by atoms with Crippen molar-refractivity contribution in [1.82, 2.24) is 4.57 Å². The highest BCUT2D eigenvalue weighted by atomic mass is 15.0. The van der Waals surface area contributed by atoms with Crippen LogP contribution in [0.15, 0.2) is 146 Å². The first-order valence-electron chi connectivity index (χ1n) is 14.2. The van der Waals surface area contributed by atoms with Crippen LogP contribution < -0.4 is 0 Å². The van der Waals surface area contributed by atoms with Gasteiger partial charge in [-0.2, -0.15) is 0 Å². The Hall–Kier alpha value is -4.88. The minimum Gasteiger partial charge on any atom is -0.309 e. The number of aromatic nitrogens is 1. The smallest absolute Gasteiger partial charge is 0.0541 e. The fourth-order valence-electron chi connectivity index (χ4n) is 6.95. The second kappa shape index (κ2) is 9.39. The molecule has 0 saturated carbocycles. The predicted octanol–water partition coefficient (Wildman–Crippen LogP) is 10.2. The summed E-state index contributed by atoms with van der Waals surface area (Å²) >= 11 is 0. The first-order valence-corrected chi connectivity index (χ1v) is 14.2. The van der Waals surface area contributed by atoms with Crippen LogP contribution in [0, 0.1) is 0 Å². The van der Waals surface area contributed by atoms with E-state index in [1.807, 2.05) is 0 Å². The van der Waals surface area contributed by atoms with Gasteiger partial charge in [0.1, 0.15) is 0 Å². The summed E-state index contributed by atoms with van der Waals surface area (Å²) in [6.45, 7) is 0. The van der Waals surface area contributed by atoms with Gasteiger partial charge in [0.15, 0.2) is 0 Å². The number of nitrogens with zero attached hydrogens (tertiary/aromatic N) is 1. The van der Waals surface area contributed by atoms with Crippen LogP contribution >= 0.6 is 0 Å². The SMILES string of the molecule is c1ccc2c(c1)CCC(c1ccccc1-c1ccccc1-n1c3ccccc3c3ccccc31)c1ccccc1-2. The quantitative estimate of drug-likeness (QED) is 0.222. The first kappa shape index (κ1) is 23.0. The van der Waals surface area contributed by atoms with Gasteiger partial charge in [0, 0.05) is 22.3 Å². The Bertz CT molecular complexity index is 1970. The van der Waals surface area contributed by atoms with Crippen molar-refractivity contribution in [3.8, 4) is 27.9 Å². The van der Waals surface area contributed by atoms with Gasteiger partial charge in [-0.1, -0.05) is 127 Å².